The normalized spacial score (nSPS) is 29.5. The monoisotopic (exact) mass is 249 g/mol. The zero-order chi connectivity index (χ0) is 11.6. The first-order valence-electron chi connectivity index (χ1n) is 5.79. The van der Waals surface area contributed by atoms with E-state index in [0.717, 1.165) is 13.0 Å². The molecule has 2 atom stereocenters. The second-order valence-corrected chi connectivity index (χ2v) is 5.27. The number of carbonyl (C=O) groups excluding carboxylic acids is 1. The van der Waals surface area contributed by atoms with E-state index >= 15 is 0 Å². The molecular weight excluding hydrogens is 233 g/mol. The SMILES string of the molecule is O=C(NCC1CC2(CCCC2)CO1)C(F)Cl. The molecule has 1 aliphatic heterocycles. The summed E-state index contributed by atoms with van der Waals surface area (Å²) in [6.45, 7) is 1.15. The van der Waals surface area contributed by atoms with E-state index in [-0.39, 0.29) is 6.10 Å². The van der Waals surface area contributed by atoms with Gasteiger partial charge in [-0.25, -0.2) is 4.39 Å². The third kappa shape index (κ3) is 2.66. The molecule has 1 spiro atoms. The maximum atomic E-state index is 12.4. The second-order valence-electron chi connectivity index (χ2n) is 4.89. The summed E-state index contributed by atoms with van der Waals surface area (Å²) in [6, 6.07) is 0. The molecular formula is C11H17ClFNO2. The Balaban J connectivity index is 1.74. The van der Waals surface area contributed by atoms with Crippen LogP contribution in [0.5, 0.6) is 0 Å². The molecule has 1 saturated carbocycles. The summed E-state index contributed by atoms with van der Waals surface area (Å²) in [4.78, 5) is 10.9. The van der Waals surface area contributed by atoms with Gasteiger partial charge >= 0.3 is 0 Å². The van der Waals surface area contributed by atoms with E-state index in [9.17, 15) is 9.18 Å². The molecule has 0 aromatic rings. The number of ether oxygens (including phenoxy) is 1. The Hall–Kier alpha value is -0.350. The molecule has 1 saturated heterocycles. The van der Waals surface area contributed by atoms with Gasteiger partial charge in [-0.1, -0.05) is 24.4 Å². The van der Waals surface area contributed by atoms with Crippen LogP contribution in [0.1, 0.15) is 32.1 Å². The van der Waals surface area contributed by atoms with Gasteiger partial charge in [-0.05, 0) is 24.7 Å². The minimum absolute atomic E-state index is 0.0254. The van der Waals surface area contributed by atoms with Gasteiger partial charge in [0.2, 0.25) is 0 Å². The van der Waals surface area contributed by atoms with Crippen molar-refractivity contribution in [2.75, 3.05) is 13.2 Å². The van der Waals surface area contributed by atoms with Crippen LogP contribution in [0.3, 0.4) is 0 Å². The molecule has 2 unspecified atom stereocenters. The van der Waals surface area contributed by atoms with Crippen LogP contribution in [0.15, 0.2) is 0 Å². The number of rotatable bonds is 3. The van der Waals surface area contributed by atoms with E-state index in [1.807, 2.05) is 0 Å². The average molecular weight is 250 g/mol. The van der Waals surface area contributed by atoms with Gasteiger partial charge in [0, 0.05) is 6.54 Å². The van der Waals surface area contributed by atoms with Gasteiger partial charge in [0.1, 0.15) is 0 Å². The molecule has 5 heteroatoms. The van der Waals surface area contributed by atoms with Crippen molar-refractivity contribution >= 4 is 17.5 Å². The molecule has 1 heterocycles. The second kappa shape index (κ2) is 4.88. The summed E-state index contributed by atoms with van der Waals surface area (Å²) < 4.78 is 18.0. The Morgan fingerprint density at radius 3 is 2.88 bits per heavy atom. The van der Waals surface area contributed by atoms with Gasteiger partial charge in [-0.3, -0.25) is 4.79 Å². The van der Waals surface area contributed by atoms with Gasteiger partial charge in [-0.15, -0.1) is 0 Å². The van der Waals surface area contributed by atoms with Crippen molar-refractivity contribution in [2.45, 2.75) is 43.8 Å². The number of carbonyl (C=O) groups is 1. The highest BCUT2D eigenvalue weighted by molar-refractivity contribution is 6.29. The Labute approximate surface area is 99.7 Å². The number of halogens is 2. The van der Waals surface area contributed by atoms with Crippen molar-refractivity contribution in [3.8, 4) is 0 Å². The van der Waals surface area contributed by atoms with E-state index in [0.29, 0.717) is 12.0 Å². The largest absolute Gasteiger partial charge is 0.376 e. The molecule has 2 aliphatic rings. The molecule has 16 heavy (non-hydrogen) atoms. The lowest BCUT2D eigenvalue weighted by molar-refractivity contribution is -0.123. The summed E-state index contributed by atoms with van der Waals surface area (Å²) in [7, 11) is 0. The minimum atomic E-state index is -1.96. The third-order valence-corrected chi connectivity index (χ3v) is 3.85. The van der Waals surface area contributed by atoms with Crippen molar-refractivity contribution in [1.82, 2.24) is 5.32 Å². The summed E-state index contributed by atoms with van der Waals surface area (Å²) >= 11 is 5.01. The highest BCUT2D eigenvalue weighted by Crippen LogP contribution is 2.46. The van der Waals surface area contributed by atoms with Crippen LogP contribution in [0.4, 0.5) is 4.39 Å². The molecule has 1 aliphatic carbocycles. The third-order valence-electron chi connectivity index (χ3n) is 3.65. The average Bonchev–Trinajstić information content (AvgIpc) is 2.86. The van der Waals surface area contributed by atoms with Crippen LogP contribution >= 0.6 is 11.6 Å². The summed E-state index contributed by atoms with van der Waals surface area (Å²) in [5, 5.41) is 2.46. The molecule has 0 aromatic carbocycles. The Morgan fingerprint density at radius 2 is 2.25 bits per heavy atom. The fraction of sp³-hybridized carbons (Fsp3) is 0.909. The predicted octanol–water partition coefficient (Wildman–Crippen LogP) is 1.99. The Morgan fingerprint density at radius 1 is 1.56 bits per heavy atom. The van der Waals surface area contributed by atoms with E-state index < -0.39 is 11.5 Å². The number of alkyl halides is 2. The van der Waals surface area contributed by atoms with E-state index in [4.69, 9.17) is 16.3 Å². The smallest absolute Gasteiger partial charge is 0.270 e. The zero-order valence-electron chi connectivity index (χ0n) is 9.18. The van der Waals surface area contributed by atoms with Crippen LogP contribution in [0.25, 0.3) is 0 Å². The lowest BCUT2D eigenvalue weighted by Crippen LogP contribution is -2.35. The highest BCUT2D eigenvalue weighted by atomic mass is 35.5. The summed E-state index contributed by atoms with van der Waals surface area (Å²) in [5.74, 6) is -0.766. The zero-order valence-corrected chi connectivity index (χ0v) is 9.93. The molecule has 1 amide bonds. The first kappa shape index (κ1) is 12.1. The topological polar surface area (TPSA) is 38.3 Å². The molecule has 3 nitrogen and oxygen atoms in total. The Kier molecular flexibility index (Phi) is 3.70. The number of hydrogen-bond donors (Lipinski definition) is 1. The first-order valence-corrected chi connectivity index (χ1v) is 6.22. The van der Waals surface area contributed by atoms with Gasteiger partial charge in [-0.2, -0.15) is 0 Å². The predicted molar refractivity (Wildman–Crippen MR) is 59.0 cm³/mol. The van der Waals surface area contributed by atoms with Gasteiger partial charge in [0.25, 0.3) is 11.5 Å². The standard InChI is InChI=1S/C11H17ClFNO2/c12-9(13)10(15)14-6-8-5-11(7-16-8)3-1-2-4-11/h8-9H,1-7H2,(H,14,15). The van der Waals surface area contributed by atoms with Crippen molar-refractivity contribution in [3.05, 3.63) is 0 Å². The van der Waals surface area contributed by atoms with Crippen LogP contribution in [-0.4, -0.2) is 30.8 Å². The van der Waals surface area contributed by atoms with Gasteiger partial charge < -0.3 is 10.1 Å². The fourth-order valence-corrected chi connectivity index (χ4v) is 2.87. The van der Waals surface area contributed by atoms with Gasteiger partial charge in [0.15, 0.2) is 0 Å². The molecule has 0 radical (unpaired) electrons. The number of nitrogens with one attached hydrogen (secondary N) is 1. The van der Waals surface area contributed by atoms with Crippen LogP contribution < -0.4 is 5.32 Å². The molecule has 0 bridgehead atoms. The fourth-order valence-electron chi connectivity index (χ4n) is 2.79. The first-order chi connectivity index (χ1) is 7.61. The molecule has 0 aromatic heterocycles. The lowest BCUT2D eigenvalue weighted by atomic mass is 9.84. The van der Waals surface area contributed by atoms with Crippen LogP contribution in [0, 0.1) is 5.41 Å². The number of hydrogen-bond acceptors (Lipinski definition) is 2. The molecule has 92 valence electrons. The maximum Gasteiger partial charge on any atom is 0.270 e. The lowest BCUT2D eigenvalue weighted by Gasteiger charge is -2.19. The summed E-state index contributed by atoms with van der Waals surface area (Å²) in [6.07, 6.45) is 5.99. The minimum Gasteiger partial charge on any atom is -0.376 e. The summed E-state index contributed by atoms with van der Waals surface area (Å²) in [5.41, 5.74) is -1.62. The van der Waals surface area contributed by atoms with Crippen LogP contribution in [0.2, 0.25) is 0 Å². The molecule has 1 N–H and O–H groups in total. The quantitative estimate of drug-likeness (QED) is 0.777. The van der Waals surface area contributed by atoms with Crippen LogP contribution in [-0.2, 0) is 9.53 Å². The van der Waals surface area contributed by atoms with Crippen molar-refractivity contribution in [1.29, 1.82) is 0 Å². The van der Waals surface area contributed by atoms with Crippen molar-refractivity contribution in [3.63, 3.8) is 0 Å². The maximum absolute atomic E-state index is 12.4. The molecule has 2 rings (SSSR count). The van der Waals surface area contributed by atoms with Crippen molar-refractivity contribution < 1.29 is 13.9 Å². The van der Waals surface area contributed by atoms with E-state index in [1.54, 1.807) is 0 Å². The van der Waals surface area contributed by atoms with Crippen molar-refractivity contribution in [2.24, 2.45) is 5.41 Å². The van der Waals surface area contributed by atoms with E-state index in [2.05, 4.69) is 5.32 Å². The highest BCUT2D eigenvalue weighted by Gasteiger charge is 2.42. The van der Waals surface area contributed by atoms with Gasteiger partial charge in [0.05, 0.1) is 12.7 Å². The molecule has 2 fully saturated rings. The Bertz CT molecular complexity index is 267. The number of amides is 1. The van der Waals surface area contributed by atoms with E-state index in [1.165, 1.54) is 25.7 Å².